The first-order valence-electron chi connectivity index (χ1n) is 7.26. The van der Waals surface area contributed by atoms with Gasteiger partial charge in [-0.05, 0) is 43.3 Å². The molecule has 2 rings (SSSR count). The van der Waals surface area contributed by atoms with Crippen molar-refractivity contribution < 1.29 is 9.53 Å². The van der Waals surface area contributed by atoms with Crippen molar-refractivity contribution >= 4 is 23.8 Å². The van der Waals surface area contributed by atoms with Gasteiger partial charge in [0.2, 0.25) is 0 Å². The average Bonchev–Trinajstić information content (AvgIpc) is 2.91. The zero-order chi connectivity index (χ0) is 16.1. The number of H-pyrrole nitrogens is 1. The van der Waals surface area contributed by atoms with Crippen LogP contribution in [-0.2, 0) is 9.53 Å². The van der Waals surface area contributed by atoms with Crippen molar-refractivity contribution in [2.45, 2.75) is 26.9 Å². The molecule has 5 nitrogen and oxygen atoms in total. The zero-order valence-electron chi connectivity index (χ0n) is 13.0. The van der Waals surface area contributed by atoms with Gasteiger partial charge in [0, 0.05) is 30.4 Å². The number of amides is 1. The first-order chi connectivity index (χ1) is 10.5. The number of aromatic nitrogens is 2. The van der Waals surface area contributed by atoms with E-state index in [0.717, 1.165) is 5.69 Å². The molecule has 0 saturated carbocycles. The summed E-state index contributed by atoms with van der Waals surface area (Å²) in [5.41, 5.74) is 1.60. The molecule has 118 valence electrons. The van der Waals surface area contributed by atoms with Gasteiger partial charge in [0.25, 0.3) is 5.91 Å². The molecule has 0 fully saturated rings. The minimum atomic E-state index is -0.486. The van der Waals surface area contributed by atoms with E-state index in [2.05, 4.69) is 24.1 Å². The number of nitrogens with zero attached hydrogens (tertiary/aromatic N) is 1. The maximum Gasteiger partial charge on any atom is 0.253 e. The lowest BCUT2D eigenvalue weighted by Gasteiger charge is -2.15. The molecular formula is C16H21N3O2S. The highest BCUT2D eigenvalue weighted by Gasteiger charge is 2.14. The van der Waals surface area contributed by atoms with E-state index >= 15 is 0 Å². The highest BCUT2D eigenvalue weighted by atomic mass is 32.1. The van der Waals surface area contributed by atoms with Gasteiger partial charge in [-0.15, -0.1) is 0 Å². The van der Waals surface area contributed by atoms with Crippen LogP contribution in [0.25, 0.3) is 5.69 Å². The summed E-state index contributed by atoms with van der Waals surface area (Å²) in [6.07, 6.45) is 3.13. The van der Waals surface area contributed by atoms with Crippen molar-refractivity contribution in [2.24, 2.45) is 5.92 Å². The van der Waals surface area contributed by atoms with Crippen molar-refractivity contribution in [3.8, 4) is 5.69 Å². The Morgan fingerprint density at radius 3 is 2.82 bits per heavy atom. The highest BCUT2D eigenvalue weighted by molar-refractivity contribution is 7.71. The first-order valence-corrected chi connectivity index (χ1v) is 7.67. The summed E-state index contributed by atoms with van der Waals surface area (Å²) >= 11 is 5.20. The van der Waals surface area contributed by atoms with E-state index < -0.39 is 6.10 Å². The standard InChI is InChI=1S/C16H21N3O2S/c1-11(2)10-21-12(3)15(20)18-13-5-4-6-14(9-13)19-8-7-17-16(19)22/h4-9,11-12H,10H2,1-3H3,(H,17,22)(H,18,20). The third kappa shape index (κ3) is 4.29. The molecular weight excluding hydrogens is 298 g/mol. The number of ether oxygens (including phenoxy) is 1. The minimum Gasteiger partial charge on any atom is -0.368 e. The van der Waals surface area contributed by atoms with Crippen molar-refractivity contribution in [3.63, 3.8) is 0 Å². The molecule has 1 aromatic carbocycles. The molecule has 2 N–H and O–H groups in total. The van der Waals surface area contributed by atoms with Gasteiger partial charge in [-0.25, -0.2) is 0 Å². The van der Waals surface area contributed by atoms with Gasteiger partial charge < -0.3 is 15.0 Å². The quantitative estimate of drug-likeness (QED) is 0.801. The van der Waals surface area contributed by atoms with Crippen LogP contribution in [0.5, 0.6) is 0 Å². The normalized spacial score (nSPS) is 12.4. The highest BCUT2D eigenvalue weighted by Crippen LogP contribution is 2.15. The Kier molecular flexibility index (Phi) is 5.51. The Hall–Kier alpha value is -1.92. The van der Waals surface area contributed by atoms with Gasteiger partial charge in [-0.2, -0.15) is 0 Å². The van der Waals surface area contributed by atoms with Gasteiger partial charge in [0.1, 0.15) is 6.10 Å². The molecule has 0 aliphatic rings. The number of hydrogen-bond donors (Lipinski definition) is 2. The summed E-state index contributed by atoms with van der Waals surface area (Å²) in [5, 5.41) is 2.87. The van der Waals surface area contributed by atoms with Crippen LogP contribution in [0.15, 0.2) is 36.7 Å². The molecule has 1 amide bonds. The van der Waals surface area contributed by atoms with Gasteiger partial charge >= 0.3 is 0 Å². The molecule has 1 aromatic heterocycles. The van der Waals surface area contributed by atoms with Crippen LogP contribution in [0.1, 0.15) is 20.8 Å². The monoisotopic (exact) mass is 319 g/mol. The number of hydrogen-bond acceptors (Lipinski definition) is 3. The lowest BCUT2D eigenvalue weighted by Crippen LogP contribution is -2.28. The number of benzene rings is 1. The number of rotatable bonds is 6. The van der Waals surface area contributed by atoms with Crippen LogP contribution in [0, 0.1) is 10.7 Å². The number of carbonyl (C=O) groups excluding carboxylic acids is 1. The molecule has 2 aromatic rings. The molecule has 0 aliphatic heterocycles. The van der Waals surface area contributed by atoms with Crippen LogP contribution < -0.4 is 5.32 Å². The SMILES string of the molecule is CC(C)COC(C)C(=O)Nc1cccc(-n2cc[nH]c2=S)c1. The van der Waals surface area contributed by atoms with Gasteiger partial charge in [0.15, 0.2) is 4.77 Å². The number of carbonyl (C=O) groups is 1. The summed E-state index contributed by atoms with van der Waals surface area (Å²) in [6.45, 7) is 6.42. The van der Waals surface area contributed by atoms with Crippen LogP contribution in [0.2, 0.25) is 0 Å². The molecule has 0 aliphatic carbocycles. The molecule has 22 heavy (non-hydrogen) atoms. The molecule has 1 heterocycles. The predicted octanol–water partition coefficient (Wildman–Crippen LogP) is 3.53. The van der Waals surface area contributed by atoms with Crippen LogP contribution >= 0.6 is 12.2 Å². The van der Waals surface area contributed by atoms with Crippen LogP contribution in [0.3, 0.4) is 0 Å². The first kappa shape index (κ1) is 16.5. The van der Waals surface area contributed by atoms with Crippen LogP contribution in [-0.4, -0.2) is 28.2 Å². The van der Waals surface area contributed by atoms with Gasteiger partial charge in [-0.1, -0.05) is 19.9 Å². The Balaban J connectivity index is 2.06. The summed E-state index contributed by atoms with van der Waals surface area (Å²) in [6, 6.07) is 7.51. The van der Waals surface area contributed by atoms with E-state index in [0.29, 0.717) is 23.0 Å². The number of imidazole rings is 1. The fourth-order valence-corrected chi connectivity index (χ4v) is 2.15. The molecule has 1 atom stereocenters. The summed E-state index contributed by atoms with van der Waals surface area (Å²) in [5.74, 6) is 0.240. The summed E-state index contributed by atoms with van der Waals surface area (Å²) in [7, 11) is 0. The molecule has 0 spiro atoms. The topological polar surface area (TPSA) is 59.0 Å². The molecule has 0 bridgehead atoms. The zero-order valence-corrected chi connectivity index (χ0v) is 13.8. The third-order valence-electron chi connectivity index (χ3n) is 3.09. The Morgan fingerprint density at radius 2 is 2.18 bits per heavy atom. The number of nitrogens with one attached hydrogen (secondary N) is 2. The molecule has 6 heteroatoms. The smallest absolute Gasteiger partial charge is 0.253 e. The maximum absolute atomic E-state index is 12.1. The van der Waals surface area contributed by atoms with Crippen LogP contribution in [0.4, 0.5) is 5.69 Å². The van der Waals surface area contributed by atoms with E-state index in [-0.39, 0.29) is 5.91 Å². The van der Waals surface area contributed by atoms with E-state index in [4.69, 9.17) is 17.0 Å². The Bertz CT molecular complexity index is 690. The molecule has 1 unspecified atom stereocenters. The Labute approximate surface area is 135 Å². The van der Waals surface area contributed by atoms with Crippen molar-refractivity contribution in [3.05, 3.63) is 41.4 Å². The van der Waals surface area contributed by atoms with Crippen molar-refractivity contribution in [2.75, 3.05) is 11.9 Å². The van der Waals surface area contributed by atoms with E-state index in [1.807, 2.05) is 35.0 Å². The minimum absolute atomic E-state index is 0.157. The summed E-state index contributed by atoms with van der Waals surface area (Å²) in [4.78, 5) is 15.1. The largest absolute Gasteiger partial charge is 0.368 e. The fraction of sp³-hybridized carbons (Fsp3) is 0.375. The van der Waals surface area contributed by atoms with Crippen molar-refractivity contribution in [1.29, 1.82) is 0 Å². The predicted molar refractivity (Wildman–Crippen MR) is 89.8 cm³/mol. The second kappa shape index (κ2) is 7.38. The molecule has 0 saturated heterocycles. The third-order valence-corrected chi connectivity index (χ3v) is 3.40. The maximum atomic E-state index is 12.1. The van der Waals surface area contributed by atoms with E-state index in [1.165, 1.54) is 0 Å². The lowest BCUT2D eigenvalue weighted by molar-refractivity contribution is -0.126. The number of aromatic amines is 1. The second-order valence-electron chi connectivity index (χ2n) is 5.54. The van der Waals surface area contributed by atoms with Crippen molar-refractivity contribution in [1.82, 2.24) is 9.55 Å². The summed E-state index contributed by atoms with van der Waals surface area (Å²) < 4.78 is 7.97. The van der Waals surface area contributed by atoms with E-state index in [1.54, 1.807) is 13.1 Å². The van der Waals surface area contributed by atoms with Gasteiger partial charge in [-0.3, -0.25) is 9.36 Å². The second-order valence-corrected chi connectivity index (χ2v) is 5.93. The lowest BCUT2D eigenvalue weighted by atomic mass is 10.2. The average molecular weight is 319 g/mol. The number of anilines is 1. The Morgan fingerprint density at radius 1 is 1.41 bits per heavy atom. The van der Waals surface area contributed by atoms with Gasteiger partial charge in [0.05, 0.1) is 0 Å². The molecule has 0 radical (unpaired) electrons. The van der Waals surface area contributed by atoms with E-state index in [9.17, 15) is 4.79 Å². The fourth-order valence-electron chi connectivity index (χ4n) is 1.91.